The van der Waals surface area contributed by atoms with Gasteiger partial charge in [-0.05, 0) is 48.5 Å². The van der Waals surface area contributed by atoms with Crippen LogP contribution in [0.2, 0.25) is 10.0 Å². The Balaban J connectivity index is 1.67. The van der Waals surface area contributed by atoms with Gasteiger partial charge in [0, 0.05) is 17.3 Å². The fraction of sp³-hybridized carbons (Fsp3) is 0.0909. The second kappa shape index (κ2) is 10.1. The number of hydrogen-bond acceptors (Lipinski definition) is 4. The first-order valence-corrected chi connectivity index (χ1v) is 9.74. The Morgan fingerprint density at radius 2 is 1.77 bits per heavy atom. The van der Waals surface area contributed by atoms with E-state index in [1.807, 2.05) is 0 Å². The van der Waals surface area contributed by atoms with Crippen LogP contribution in [0.25, 0.3) is 0 Å². The normalized spacial score (nSPS) is 10.3. The highest BCUT2D eigenvalue weighted by Gasteiger charge is 2.13. The van der Waals surface area contributed by atoms with Crippen LogP contribution in [0.5, 0.6) is 11.5 Å². The summed E-state index contributed by atoms with van der Waals surface area (Å²) in [7, 11) is 1.44. The van der Waals surface area contributed by atoms with Crippen LogP contribution in [-0.2, 0) is 4.79 Å². The van der Waals surface area contributed by atoms with Crippen LogP contribution in [0.4, 0.5) is 15.8 Å². The third kappa shape index (κ3) is 6.10. The van der Waals surface area contributed by atoms with E-state index in [1.54, 1.807) is 24.3 Å². The van der Waals surface area contributed by atoms with E-state index >= 15 is 0 Å². The van der Waals surface area contributed by atoms with E-state index in [9.17, 15) is 14.0 Å². The molecule has 2 N–H and O–H groups in total. The van der Waals surface area contributed by atoms with Crippen molar-refractivity contribution in [1.29, 1.82) is 0 Å². The van der Waals surface area contributed by atoms with E-state index in [-0.39, 0.29) is 12.2 Å². The molecule has 6 nitrogen and oxygen atoms in total. The lowest BCUT2D eigenvalue weighted by Gasteiger charge is -2.13. The van der Waals surface area contributed by atoms with Gasteiger partial charge in [0.1, 0.15) is 17.3 Å². The zero-order valence-corrected chi connectivity index (χ0v) is 17.8. The first-order valence-electron chi connectivity index (χ1n) is 8.98. The summed E-state index contributed by atoms with van der Waals surface area (Å²) in [6, 6.07) is 14.6. The second-order valence-electron chi connectivity index (χ2n) is 6.29. The molecular weight excluding hydrogens is 446 g/mol. The summed E-state index contributed by atoms with van der Waals surface area (Å²) in [5.41, 5.74) is 0.851. The average molecular weight is 463 g/mol. The Bertz CT molecular complexity index is 1120. The molecule has 2 amide bonds. The number of carbonyl (C=O) groups is 2. The van der Waals surface area contributed by atoms with Crippen LogP contribution in [-0.4, -0.2) is 25.5 Å². The van der Waals surface area contributed by atoms with Gasteiger partial charge in [0.05, 0.1) is 22.8 Å². The molecule has 0 atom stereocenters. The lowest BCUT2D eigenvalue weighted by molar-refractivity contribution is -0.118. The summed E-state index contributed by atoms with van der Waals surface area (Å²) in [5, 5.41) is 6.00. The molecule has 0 aliphatic heterocycles. The molecule has 0 aromatic heterocycles. The first-order chi connectivity index (χ1) is 14.9. The van der Waals surface area contributed by atoms with Crippen molar-refractivity contribution in [2.45, 2.75) is 0 Å². The maximum Gasteiger partial charge on any atom is 0.262 e. The Hall–Kier alpha value is -3.29. The maximum absolute atomic E-state index is 13.4. The molecule has 0 spiro atoms. The Kier molecular flexibility index (Phi) is 7.33. The van der Waals surface area contributed by atoms with Gasteiger partial charge in [0.2, 0.25) is 0 Å². The zero-order valence-electron chi connectivity index (χ0n) is 16.2. The summed E-state index contributed by atoms with van der Waals surface area (Å²) >= 11 is 11.8. The molecular formula is C22H17Cl2FN2O4. The van der Waals surface area contributed by atoms with Crippen LogP contribution in [0.1, 0.15) is 10.4 Å². The number of anilines is 2. The standard InChI is InChI=1S/C22H17Cl2FN2O4/c1-30-20-8-5-15(10-19(20)27-22(29)13-3-2-4-14(25)9-13)26-21(28)12-31-16-6-7-17(23)18(24)11-16/h2-11H,12H2,1H3,(H,26,28)(H,27,29). The molecule has 0 bridgehead atoms. The largest absolute Gasteiger partial charge is 0.495 e. The fourth-order valence-corrected chi connectivity index (χ4v) is 2.91. The third-order valence-corrected chi connectivity index (χ3v) is 4.82. The SMILES string of the molecule is COc1ccc(NC(=O)COc2ccc(Cl)c(Cl)c2)cc1NC(=O)c1cccc(F)c1. The molecule has 3 rings (SSSR count). The van der Waals surface area contributed by atoms with Gasteiger partial charge < -0.3 is 20.1 Å². The van der Waals surface area contributed by atoms with Crippen molar-refractivity contribution in [3.8, 4) is 11.5 Å². The van der Waals surface area contributed by atoms with Gasteiger partial charge in [-0.3, -0.25) is 9.59 Å². The summed E-state index contributed by atoms with van der Waals surface area (Å²) in [6.45, 7) is -0.269. The van der Waals surface area contributed by atoms with E-state index in [4.69, 9.17) is 32.7 Å². The number of carbonyl (C=O) groups excluding carboxylic acids is 2. The number of amides is 2. The fourth-order valence-electron chi connectivity index (χ4n) is 2.62. The van der Waals surface area contributed by atoms with Gasteiger partial charge in [0.25, 0.3) is 11.8 Å². The number of benzene rings is 3. The summed E-state index contributed by atoms with van der Waals surface area (Å²) in [5.74, 6) is -0.720. The topological polar surface area (TPSA) is 76.7 Å². The van der Waals surface area contributed by atoms with Crippen LogP contribution >= 0.6 is 23.2 Å². The number of rotatable bonds is 7. The molecule has 3 aromatic carbocycles. The van der Waals surface area contributed by atoms with E-state index in [0.29, 0.717) is 32.9 Å². The molecule has 0 unspecified atom stereocenters. The van der Waals surface area contributed by atoms with Crippen molar-refractivity contribution in [3.63, 3.8) is 0 Å². The molecule has 0 radical (unpaired) electrons. The molecule has 0 fully saturated rings. The van der Waals surface area contributed by atoms with E-state index in [2.05, 4.69) is 10.6 Å². The van der Waals surface area contributed by atoms with Gasteiger partial charge in [-0.15, -0.1) is 0 Å². The van der Waals surface area contributed by atoms with Crippen LogP contribution < -0.4 is 20.1 Å². The van der Waals surface area contributed by atoms with Gasteiger partial charge in [-0.2, -0.15) is 0 Å². The second-order valence-corrected chi connectivity index (χ2v) is 7.11. The average Bonchev–Trinajstić information content (AvgIpc) is 2.75. The Labute approximate surface area is 187 Å². The molecule has 0 saturated carbocycles. The molecule has 9 heteroatoms. The molecule has 0 saturated heterocycles. The highest BCUT2D eigenvalue weighted by molar-refractivity contribution is 6.42. The molecule has 0 aliphatic rings. The molecule has 160 valence electrons. The summed E-state index contributed by atoms with van der Waals surface area (Å²) in [4.78, 5) is 24.6. The lowest BCUT2D eigenvalue weighted by Crippen LogP contribution is -2.20. The molecule has 0 aliphatic carbocycles. The van der Waals surface area contributed by atoms with Gasteiger partial charge in [0.15, 0.2) is 6.61 Å². The van der Waals surface area contributed by atoms with E-state index < -0.39 is 17.6 Å². The highest BCUT2D eigenvalue weighted by atomic mass is 35.5. The van der Waals surface area contributed by atoms with Gasteiger partial charge in [-0.25, -0.2) is 4.39 Å². The van der Waals surface area contributed by atoms with Crippen LogP contribution in [0.15, 0.2) is 60.7 Å². The summed E-state index contributed by atoms with van der Waals surface area (Å²) < 4.78 is 24.0. The number of halogens is 3. The number of nitrogens with one attached hydrogen (secondary N) is 2. The number of hydrogen-bond donors (Lipinski definition) is 2. The maximum atomic E-state index is 13.4. The van der Waals surface area contributed by atoms with E-state index in [0.717, 1.165) is 6.07 Å². The van der Waals surface area contributed by atoms with Crippen LogP contribution in [0, 0.1) is 5.82 Å². The lowest BCUT2D eigenvalue weighted by atomic mass is 10.2. The molecule has 3 aromatic rings. The molecule has 31 heavy (non-hydrogen) atoms. The van der Waals surface area contributed by atoms with Gasteiger partial charge in [-0.1, -0.05) is 29.3 Å². The monoisotopic (exact) mass is 462 g/mol. The number of methoxy groups -OCH3 is 1. The molecule has 0 heterocycles. The smallest absolute Gasteiger partial charge is 0.262 e. The Morgan fingerprint density at radius 1 is 0.968 bits per heavy atom. The van der Waals surface area contributed by atoms with E-state index in [1.165, 1.54) is 37.4 Å². The zero-order chi connectivity index (χ0) is 22.4. The minimum Gasteiger partial charge on any atom is -0.495 e. The van der Waals surface area contributed by atoms with Crippen molar-refractivity contribution in [2.24, 2.45) is 0 Å². The van der Waals surface area contributed by atoms with Crippen molar-refractivity contribution >= 4 is 46.4 Å². The number of ether oxygens (including phenoxy) is 2. The minimum absolute atomic E-state index is 0.145. The Morgan fingerprint density at radius 3 is 2.48 bits per heavy atom. The van der Waals surface area contributed by atoms with Gasteiger partial charge >= 0.3 is 0 Å². The van der Waals surface area contributed by atoms with Crippen LogP contribution in [0.3, 0.4) is 0 Å². The third-order valence-electron chi connectivity index (χ3n) is 4.08. The van der Waals surface area contributed by atoms with Crippen molar-refractivity contribution in [3.05, 3.63) is 82.1 Å². The highest BCUT2D eigenvalue weighted by Crippen LogP contribution is 2.29. The quantitative estimate of drug-likeness (QED) is 0.491. The first kappa shape index (κ1) is 22.4. The predicted octanol–water partition coefficient (Wildman–Crippen LogP) is 5.41. The summed E-state index contributed by atoms with van der Waals surface area (Å²) in [6.07, 6.45) is 0. The van der Waals surface area contributed by atoms with Crippen molar-refractivity contribution < 1.29 is 23.5 Å². The minimum atomic E-state index is -0.525. The van der Waals surface area contributed by atoms with Crippen molar-refractivity contribution in [2.75, 3.05) is 24.4 Å². The predicted molar refractivity (Wildman–Crippen MR) is 118 cm³/mol. The van der Waals surface area contributed by atoms with Crippen molar-refractivity contribution in [1.82, 2.24) is 0 Å².